The van der Waals surface area contributed by atoms with E-state index in [1.54, 1.807) is 0 Å². The Hall–Kier alpha value is -1.22. The Bertz CT molecular complexity index is 452. The van der Waals surface area contributed by atoms with Gasteiger partial charge in [-0.2, -0.15) is 0 Å². The number of nitrogens with zero attached hydrogens (tertiary/aromatic N) is 1. The minimum Gasteiger partial charge on any atom is -0.370 e. The average molecular weight is 280 g/mol. The van der Waals surface area contributed by atoms with Crippen molar-refractivity contribution in [2.75, 3.05) is 13.1 Å². The lowest BCUT2D eigenvalue weighted by Crippen LogP contribution is -2.40. The molecule has 0 atom stereocenters. The Morgan fingerprint density at radius 2 is 2.16 bits per heavy atom. The summed E-state index contributed by atoms with van der Waals surface area (Å²) in [5.41, 5.74) is 7.18. The van der Waals surface area contributed by atoms with Crippen molar-refractivity contribution in [1.82, 2.24) is 5.32 Å². The van der Waals surface area contributed by atoms with E-state index < -0.39 is 0 Å². The van der Waals surface area contributed by atoms with E-state index in [9.17, 15) is 0 Å². The Labute approximate surface area is 120 Å². The van der Waals surface area contributed by atoms with Crippen molar-refractivity contribution in [3.8, 4) is 0 Å². The minimum atomic E-state index is 0.0941. The third-order valence-electron chi connectivity index (χ3n) is 3.86. The van der Waals surface area contributed by atoms with E-state index in [-0.39, 0.29) is 5.41 Å². The summed E-state index contributed by atoms with van der Waals surface area (Å²) in [6.07, 6.45) is 4.57. The third kappa shape index (κ3) is 3.21. The van der Waals surface area contributed by atoms with Gasteiger partial charge in [0, 0.05) is 17.0 Å². The quantitative estimate of drug-likeness (QED) is 0.643. The van der Waals surface area contributed by atoms with E-state index in [2.05, 4.69) is 23.3 Å². The van der Waals surface area contributed by atoms with Crippen LogP contribution in [0.1, 0.15) is 38.2 Å². The second kappa shape index (κ2) is 6.29. The maximum absolute atomic E-state index is 6.32. The average Bonchev–Trinajstić information content (AvgIpc) is 2.37. The van der Waals surface area contributed by atoms with Crippen molar-refractivity contribution in [3.63, 3.8) is 0 Å². The smallest absolute Gasteiger partial charge is 0.188 e. The molecule has 1 saturated carbocycles. The van der Waals surface area contributed by atoms with Crippen molar-refractivity contribution >= 4 is 17.6 Å². The molecule has 19 heavy (non-hydrogen) atoms. The van der Waals surface area contributed by atoms with Gasteiger partial charge >= 0.3 is 0 Å². The molecule has 3 nitrogen and oxygen atoms in total. The van der Waals surface area contributed by atoms with Crippen molar-refractivity contribution in [2.45, 2.75) is 38.0 Å². The van der Waals surface area contributed by atoms with Gasteiger partial charge in [-0.15, -0.1) is 0 Å². The normalized spacial score (nSPS) is 17.9. The maximum atomic E-state index is 6.32. The summed E-state index contributed by atoms with van der Waals surface area (Å²) in [6.45, 7) is 3.70. The van der Waals surface area contributed by atoms with Crippen LogP contribution in [0.25, 0.3) is 0 Å². The predicted molar refractivity (Wildman–Crippen MR) is 81.8 cm³/mol. The molecule has 1 fully saturated rings. The van der Waals surface area contributed by atoms with Gasteiger partial charge < -0.3 is 11.1 Å². The number of hydrogen-bond acceptors (Lipinski definition) is 1. The van der Waals surface area contributed by atoms with Crippen molar-refractivity contribution in [3.05, 3.63) is 34.9 Å². The Morgan fingerprint density at radius 3 is 2.74 bits per heavy atom. The van der Waals surface area contributed by atoms with Crippen molar-refractivity contribution in [2.24, 2.45) is 10.7 Å². The minimum absolute atomic E-state index is 0.0941. The highest BCUT2D eigenvalue weighted by Crippen LogP contribution is 2.46. The molecule has 0 amide bonds. The van der Waals surface area contributed by atoms with Crippen LogP contribution in [0.15, 0.2) is 29.3 Å². The van der Waals surface area contributed by atoms with Gasteiger partial charge in [-0.05, 0) is 30.9 Å². The maximum Gasteiger partial charge on any atom is 0.188 e. The van der Waals surface area contributed by atoms with Gasteiger partial charge in [-0.3, -0.25) is 4.99 Å². The zero-order valence-electron chi connectivity index (χ0n) is 11.5. The zero-order chi connectivity index (χ0) is 13.7. The first-order valence-corrected chi connectivity index (χ1v) is 7.34. The van der Waals surface area contributed by atoms with Gasteiger partial charge in [0.05, 0.1) is 6.54 Å². The van der Waals surface area contributed by atoms with Gasteiger partial charge in [0.25, 0.3) is 0 Å². The molecule has 0 saturated heterocycles. The molecule has 1 aliphatic carbocycles. The van der Waals surface area contributed by atoms with E-state index in [1.807, 2.05) is 18.2 Å². The van der Waals surface area contributed by atoms with Crippen LogP contribution in [0.2, 0.25) is 5.02 Å². The molecule has 1 aromatic carbocycles. The first kappa shape index (κ1) is 14.2. The van der Waals surface area contributed by atoms with Gasteiger partial charge in [-0.25, -0.2) is 0 Å². The van der Waals surface area contributed by atoms with Crippen LogP contribution in [0.5, 0.6) is 0 Å². The summed E-state index contributed by atoms with van der Waals surface area (Å²) >= 11 is 6.32. The van der Waals surface area contributed by atoms with Crippen LogP contribution in [0, 0.1) is 0 Å². The molecule has 0 bridgehead atoms. The lowest BCUT2D eigenvalue weighted by Gasteiger charge is -2.41. The molecule has 1 aromatic rings. The van der Waals surface area contributed by atoms with Crippen LogP contribution >= 0.6 is 11.6 Å². The molecule has 0 aromatic heterocycles. The summed E-state index contributed by atoms with van der Waals surface area (Å²) in [5, 5.41) is 3.96. The number of hydrogen-bond donors (Lipinski definition) is 2. The van der Waals surface area contributed by atoms with E-state index >= 15 is 0 Å². The molecular formula is C15H22ClN3. The Balaban J connectivity index is 2.09. The SMILES string of the molecule is CCCNC(N)=NCC1(c2ccccc2Cl)CCC1. The van der Waals surface area contributed by atoms with Gasteiger partial charge in [0.2, 0.25) is 0 Å². The molecule has 0 radical (unpaired) electrons. The van der Waals surface area contributed by atoms with Crippen LogP contribution in [0.3, 0.4) is 0 Å². The molecule has 0 spiro atoms. The third-order valence-corrected chi connectivity index (χ3v) is 4.19. The Morgan fingerprint density at radius 1 is 1.42 bits per heavy atom. The summed E-state index contributed by atoms with van der Waals surface area (Å²) in [5.74, 6) is 0.542. The fourth-order valence-electron chi connectivity index (χ4n) is 2.55. The first-order valence-electron chi connectivity index (χ1n) is 6.97. The number of nitrogens with one attached hydrogen (secondary N) is 1. The van der Waals surface area contributed by atoms with Crippen LogP contribution < -0.4 is 11.1 Å². The molecule has 0 heterocycles. The number of halogens is 1. The van der Waals surface area contributed by atoms with Crippen LogP contribution in [0.4, 0.5) is 0 Å². The van der Waals surface area contributed by atoms with Crippen LogP contribution in [-0.4, -0.2) is 19.0 Å². The second-order valence-electron chi connectivity index (χ2n) is 5.24. The highest BCUT2D eigenvalue weighted by molar-refractivity contribution is 6.31. The molecular weight excluding hydrogens is 258 g/mol. The van der Waals surface area contributed by atoms with Gasteiger partial charge in [-0.1, -0.05) is 43.1 Å². The lowest BCUT2D eigenvalue weighted by molar-refractivity contribution is 0.253. The standard InChI is InChI=1S/C15H22ClN3/c1-2-10-18-14(17)19-11-15(8-5-9-15)12-6-3-4-7-13(12)16/h3-4,6-7H,2,5,8-11H2,1H3,(H3,17,18,19). The largest absolute Gasteiger partial charge is 0.370 e. The Kier molecular flexibility index (Phi) is 4.70. The monoisotopic (exact) mass is 279 g/mol. The van der Waals surface area contributed by atoms with E-state index in [0.717, 1.165) is 37.4 Å². The number of guanidine groups is 1. The number of rotatable bonds is 5. The van der Waals surface area contributed by atoms with Crippen molar-refractivity contribution in [1.29, 1.82) is 0 Å². The number of nitrogens with two attached hydrogens (primary N) is 1. The van der Waals surface area contributed by atoms with Crippen molar-refractivity contribution < 1.29 is 0 Å². The van der Waals surface area contributed by atoms with E-state index in [0.29, 0.717) is 5.96 Å². The van der Waals surface area contributed by atoms with E-state index in [1.165, 1.54) is 12.0 Å². The fourth-order valence-corrected chi connectivity index (χ4v) is 2.89. The summed E-state index contributed by atoms with van der Waals surface area (Å²) < 4.78 is 0. The molecule has 0 unspecified atom stereocenters. The summed E-state index contributed by atoms with van der Waals surface area (Å²) in [4.78, 5) is 4.50. The number of aliphatic imine (C=N–C) groups is 1. The molecule has 1 aliphatic rings. The highest BCUT2D eigenvalue weighted by Gasteiger charge is 2.39. The second-order valence-corrected chi connectivity index (χ2v) is 5.65. The lowest BCUT2D eigenvalue weighted by atomic mass is 9.64. The summed E-state index contributed by atoms with van der Waals surface area (Å²) in [6, 6.07) is 8.09. The topological polar surface area (TPSA) is 50.4 Å². The molecule has 2 rings (SSSR count). The van der Waals surface area contributed by atoms with Gasteiger partial charge in [0.1, 0.15) is 0 Å². The summed E-state index contributed by atoms with van der Waals surface area (Å²) in [7, 11) is 0. The predicted octanol–water partition coefficient (Wildman–Crippen LogP) is 3.08. The zero-order valence-corrected chi connectivity index (χ0v) is 12.2. The molecule has 104 valence electrons. The fraction of sp³-hybridized carbons (Fsp3) is 0.533. The number of benzene rings is 1. The molecule has 0 aliphatic heterocycles. The molecule has 3 N–H and O–H groups in total. The molecule has 4 heteroatoms. The van der Waals surface area contributed by atoms with E-state index in [4.69, 9.17) is 17.3 Å². The van der Waals surface area contributed by atoms with Gasteiger partial charge in [0.15, 0.2) is 5.96 Å². The van der Waals surface area contributed by atoms with Crippen LogP contribution in [-0.2, 0) is 5.41 Å². The first-order chi connectivity index (χ1) is 9.18. The highest BCUT2D eigenvalue weighted by atomic mass is 35.5.